The van der Waals surface area contributed by atoms with E-state index >= 15 is 0 Å². The minimum absolute atomic E-state index is 0.0721. The number of nitrogens with zero attached hydrogens (tertiary/aromatic N) is 12. The Morgan fingerprint density at radius 3 is 0.811 bits per heavy atom. The molecule has 0 unspecified atom stereocenters. The first-order valence-corrected chi connectivity index (χ1v) is 51.1. The molecule has 4 aromatic heterocycles. The van der Waals surface area contributed by atoms with Crippen LogP contribution in [0.2, 0.25) is 0 Å². The molecule has 8 fully saturated rings. The topological polar surface area (TPSA) is 484 Å². The molecule has 4 spiro atoms. The number of pyridine rings is 4. The molecule has 0 bridgehead atoms. The van der Waals surface area contributed by atoms with E-state index in [1.165, 1.54) is 28.2 Å². The third kappa shape index (κ3) is 18.8. The van der Waals surface area contributed by atoms with Gasteiger partial charge in [0.1, 0.15) is 26.2 Å². The first-order valence-electron chi connectivity index (χ1n) is 51.1. The lowest BCUT2D eigenvalue weighted by Crippen LogP contribution is -2.48. The van der Waals surface area contributed by atoms with Crippen LogP contribution in [0.4, 0.5) is 61.1 Å². The zero-order valence-electron chi connectivity index (χ0n) is 82.6. The fourth-order valence-corrected chi connectivity index (χ4v) is 23.9. The van der Waals surface area contributed by atoms with Crippen LogP contribution in [0.1, 0.15) is 192 Å². The average Bonchev–Trinajstić information content (AvgIpc) is 1.58. The fraction of sp³-hybridized carbons (Fsp3) is 0.444. The average molecular weight is 2010 g/mol. The zero-order valence-corrected chi connectivity index (χ0v) is 82.6. The Morgan fingerprint density at radius 1 is 0.297 bits per heavy atom. The van der Waals surface area contributed by atoms with Crippen molar-refractivity contribution < 1.29 is 95.7 Å². The number of hydrogen-bond donors (Lipinski definition) is 8. The van der Waals surface area contributed by atoms with Gasteiger partial charge in [-0.3, -0.25) is 58.3 Å². The lowest BCUT2D eigenvalue weighted by Gasteiger charge is -2.31. The van der Waals surface area contributed by atoms with Gasteiger partial charge in [-0.15, -0.1) is 0 Å². The summed E-state index contributed by atoms with van der Waals surface area (Å²) in [4.78, 5) is 236. The van der Waals surface area contributed by atoms with E-state index in [0.29, 0.717) is 146 Å². The quantitative estimate of drug-likeness (QED) is 0.0417. The van der Waals surface area contributed by atoms with Crippen LogP contribution in [-0.2, 0) is 157 Å². The molecule has 24 rings (SSSR count). The number of rotatable bonds is 16. The first-order chi connectivity index (χ1) is 71.6. The fourth-order valence-electron chi connectivity index (χ4n) is 23.9. The highest BCUT2D eigenvalue weighted by atomic mass is 16.6. The molecule has 40 heteroatoms. The first kappa shape index (κ1) is 98.2. The van der Waals surface area contributed by atoms with Crippen LogP contribution in [0.25, 0.3) is 0 Å². The molecule has 40 nitrogen and oxygen atoms in total. The molecular weight excluding hydrogens is 1900 g/mol. The van der Waals surface area contributed by atoms with Crippen LogP contribution in [0, 0.1) is 23.7 Å². The van der Waals surface area contributed by atoms with Crippen LogP contribution < -0.4 is 42.5 Å². The van der Waals surface area contributed by atoms with Crippen molar-refractivity contribution in [3.05, 3.63) is 236 Å². The number of carbonyl (C=O) groups excluding carboxylic acids is 16. The van der Waals surface area contributed by atoms with E-state index in [1.807, 2.05) is 56.3 Å². The minimum atomic E-state index is -1.43. The second-order valence-corrected chi connectivity index (χ2v) is 41.0. The van der Waals surface area contributed by atoms with Crippen molar-refractivity contribution in [2.75, 3.05) is 75.6 Å². The SMILES string of the molecule is CNC(=O)Nc1ccc2c(c1)CC[C@@]21OC(=O)N(CC(=O)N2Cc3ccncc3CC[C@H]2C2CC2)C1=O.CNC(=O)Nc1ccc2c(c1)CC[C@@]21OC(=O)N(CC(=O)N2Cc3ncccc3CC[C@@H]2C2CC2)C1=O.CNC(=O)Nc1ccc2c(c1)CC[C@@]21OC(=O)N(CC(=O)N2Cc3ncccc3CC[C@H]2C2CC2)C1=O.CNC(=O)Nc1ccc2c(c1)CC[C@]21OC(=O)N(CC(=O)N2Cc3ccncc3CC[C@H]2C2CC2)C1=O. The number of urea groups is 4. The Kier molecular flexibility index (Phi) is 26.5. The highest BCUT2D eigenvalue weighted by Crippen LogP contribution is 2.53. The number of fused-ring (bicyclic) bond motifs is 12. The highest BCUT2D eigenvalue weighted by molar-refractivity contribution is 6.10. The zero-order chi connectivity index (χ0) is 103. The van der Waals surface area contributed by atoms with E-state index in [2.05, 4.69) is 74.6 Å². The lowest BCUT2D eigenvalue weighted by molar-refractivity contribution is -0.143. The maximum absolute atomic E-state index is 13.6. The van der Waals surface area contributed by atoms with E-state index in [9.17, 15) is 76.7 Å². The summed E-state index contributed by atoms with van der Waals surface area (Å²) in [7, 11) is 6.10. The molecule has 8 aliphatic carbocycles. The smallest absolute Gasteiger partial charge is 0.418 e. The van der Waals surface area contributed by atoms with Crippen LogP contribution in [-0.4, -0.2) is 233 Å². The molecular formula is C108H116N20O20. The lowest BCUT2D eigenvalue weighted by atomic mass is 9.94. The molecule has 0 radical (unpaired) electrons. The van der Waals surface area contributed by atoms with Gasteiger partial charge in [0.2, 0.25) is 46.0 Å². The van der Waals surface area contributed by atoms with Crippen molar-refractivity contribution >= 4 is 119 Å². The maximum atomic E-state index is 13.6. The van der Waals surface area contributed by atoms with Gasteiger partial charge in [-0.2, -0.15) is 0 Å². The van der Waals surface area contributed by atoms with Crippen molar-refractivity contribution in [2.24, 2.45) is 23.7 Å². The molecule has 4 saturated carbocycles. The number of aromatic nitrogens is 4. The van der Waals surface area contributed by atoms with Gasteiger partial charge in [-0.1, -0.05) is 36.4 Å². The summed E-state index contributed by atoms with van der Waals surface area (Å²) < 4.78 is 22.9. The van der Waals surface area contributed by atoms with Crippen LogP contribution in [0.15, 0.2) is 146 Å². The molecule has 4 saturated heterocycles. The van der Waals surface area contributed by atoms with E-state index in [0.717, 1.165) is 189 Å². The number of ether oxygens (including phenoxy) is 4. The normalized spacial score (nSPS) is 24.4. The van der Waals surface area contributed by atoms with Gasteiger partial charge in [0.25, 0.3) is 23.6 Å². The van der Waals surface area contributed by atoms with Crippen molar-refractivity contribution in [1.82, 2.24) is 80.4 Å². The summed E-state index contributed by atoms with van der Waals surface area (Å²) in [5.74, 6) is -1.22. The van der Waals surface area contributed by atoms with Gasteiger partial charge in [0.05, 0.1) is 24.5 Å². The van der Waals surface area contributed by atoms with E-state index in [-0.39, 0.29) is 98.1 Å². The predicted molar refractivity (Wildman–Crippen MR) is 529 cm³/mol. The summed E-state index contributed by atoms with van der Waals surface area (Å²) in [6.07, 6.45) is 26.2. The summed E-state index contributed by atoms with van der Waals surface area (Å²) in [6, 6.07) is 31.5. The number of carbonyl (C=O) groups is 16. The van der Waals surface area contributed by atoms with E-state index in [4.69, 9.17) is 18.9 Å². The number of nitrogens with one attached hydrogen (secondary N) is 8. The number of aryl methyl sites for hydroxylation is 8. The number of imide groups is 4. The Hall–Kier alpha value is -15.8. The third-order valence-electron chi connectivity index (χ3n) is 32.2. The Morgan fingerprint density at radius 2 is 0.554 bits per heavy atom. The molecule has 8 N–H and O–H groups in total. The third-order valence-corrected chi connectivity index (χ3v) is 32.2. The second-order valence-electron chi connectivity index (χ2n) is 41.0. The molecule has 4 aromatic carbocycles. The molecule has 148 heavy (non-hydrogen) atoms. The van der Waals surface area contributed by atoms with Crippen LogP contribution in [0.5, 0.6) is 0 Å². The van der Waals surface area contributed by atoms with Crippen LogP contribution in [0.3, 0.4) is 0 Å². The van der Waals surface area contributed by atoms with Gasteiger partial charge in [-0.25, -0.2) is 58.0 Å². The summed E-state index contributed by atoms with van der Waals surface area (Å²) >= 11 is 0. The molecule has 20 amide bonds. The van der Waals surface area contributed by atoms with Crippen LogP contribution >= 0.6 is 0 Å². The monoisotopic (exact) mass is 2010 g/mol. The molecule has 768 valence electrons. The molecule has 8 aliphatic heterocycles. The van der Waals surface area contributed by atoms with E-state index < -0.39 is 70.4 Å². The number of anilines is 4. The van der Waals surface area contributed by atoms with E-state index in [1.54, 1.807) is 97.6 Å². The van der Waals surface area contributed by atoms with Crippen molar-refractivity contribution in [3.8, 4) is 0 Å². The summed E-state index contributed by atoms with van der Waals surface area (Å²) in [5.41, 5.74) is 10.8. The maximum Gasteiger partial charge on any atom is 0.418 e. The Labute approximate surface area is 852 Å². The van der Waals surface area contributed by atoms with Crippen molar-refractivity contribution in [3.63, 3.8) is 0 Å². The predicted octanol–water partition coefficient (Wildman–Crippen LogP) is 10.8. The van der Waals surface area contributed by atoms with Gasteiger partial charge >= 0.3 is 48.5 Å². The standard InChI is InChI=1S/4C27H29N5O5/c2*1-28-25(35)30-20-5-6-21-17(12-20)8-10-27(21)24(34)32(26(36)37-27)15-23(33)31-14-19-9-11-29-13-18(19)4-7-22(31)16-2-3-16;2*1-28-25(35)30-19-7-8-20-18(13-19)10-11-27(20)24(34)32(26(36)37-27)15-23(33)31-14-21-16(3-2-12-29-21)6-9-22(31)17-4-5-17/h2*5-6,9,11-13,16,22H,2-4,7-8,10,14-15H2,1H3,(H2,28,30,35);2*2-3,7-8,12-13,17,22H,4-6,9-11,14-15H2,1H3,(H2,28,30,35)/t22-,27+;22-,27-;22-,27+;22-,27-/m0001/s1. The van der Waals surface area contributed by atoms with Crippen molar-refractivity contribution in [1.29, 1.82) is 0 Å². The van der Waals surface area contributed by atoms with Gasteiger partial charge in [0.15, 0.2) is 0 Å². The largest absolute Gasteiger partial charge is 0.427 e. The molecule has 8 aromatic rings. The van der Waals surface area contributed by atoms with Gasteiger partial charge < -0.3 is 81.1 Å². The highest BCUT2D eigenvalue weighted by Gasteiger charge is 2.64. The Bertz CT molecular complexity index is 6030. The molecule has 16 aliphatic rings. The summed E-state index contributed by atoms with van der Waals surface area (Å²) in [6.45, 7) is 0.273. The van der Waals surface area contributed by atoms with Gasteiger partial charge in [-0.05, 0) is 281 Å². The minimum Gasteiger partial charge on any atom is -0.427 e. The summed E-state index contributed by atoms with van der Waals surface area (Å²) in [5, 5.41) is 20.8. The molecule has 8 atom stereocenters. The number of amides is 20. The van der Waals surface area contributed by atoms with Crippen molar-refractivity contribution in [2.45, 2.75) is 227 Å². The van der Waals surface area contributed by atoms with Gasteiger partial charge in [0, 0.05) is 173 Å². The number of benzene rings is 4. The molecule has 12 heterocycles. The number of hydrogen-bond acceptors (Lipinski definition) is 24. The second kappa shape index (κ2) is 39.9. The Balaban J connectivity index is 0.000000116.